The number of anilines is 1. The van der Waals surface area contributed by atoms with Gasteiger partial charge in [0.25, 0.3) is 10.0 Å². The highest BCUT2D eigenvalue weighted by atomic mass is 35.5. The predicted octanol–water partition coefficient (Wildman–Crippen LogP) is 7.20. The summed E-state index contributed by atoms with van der Waals surface area (Å²) < 4.78 is 29.5. The minimum Gasteiger partial charge on any atom is -0.352 e. The molecule has 4 aromatic rings. The molecule has 0 aliphatic heterocycles. The summed E-state index contributed by atoms with van der Waals surface area (Å²) in [6, 6.07) is 28.6. The van der Waals surface area contributed by atoms with Crippen molar-refractivity contribution in [3.05, 3.63) is 130 Å². The molecule has 1 N–H and O–H groups in total. The number of nitrogens with zero attached hydrogens (tertiary/aromatic N) is 2. The molecule has 1 aliphatic rings. The quantitative estimate of drug-likeness (QED) is 0.172. The molecule has 0 radical (unpaired) electrons. The van der Waals surface area contributed by atoms with Crippen LogP contribution in [-0.4, -0.2) is 43.8 Å². The maximum absolute atomic E-state index is 14.7. The van der Waals surface area contributed by atoms with Gasteiger partial charge in [-0.1, -0.05) is 109 Å². The summed E-state index contributed by atoms with van der Waals surface area (Å²) in [4.78, 5) is 30.3. The molecule has 1 saturated carbocycles. The molecule has 4 aromatic carbocycles. The topological polar surface area (TPSA) is 86.8 Å². The van der Waals surface area contributed by atoms with Crippen LogP contribution < -0.4 is 9.62 Å². The Labute approximate surface area is 281 Å². The summed E-state index contributed by atoms with van der Waals surface area (Å²) in [5.41, 5.74) is 2.29. The number of benzene rings is 4. The summed E-state index contributed by atoms with van der Waals surface area (Å²) >= 11 is 13.0. The van der Waals surface area contributed by atoms with Gasteiger partial charge in [0, 0.05) is 29.1 Å². The van der Waals surface area contributed by atoms with Crippen LogP contribution in [0.15, 0.2) is 108 Å². The Morgan fingerprint density at radius 3 is 2.11 bits per heavy atom. The van der Waals surface area contributed by atoms with Crippen LogP contribution in [-0.2, 0) is 32.6 Å². The van der Waals surface area contributed by atoms with Crippen LogP contribution in [0.25, 0.3) is 0 Å². The van der Waals surface area contributed by atoms with Crippen LogP contribution >= 0.6 is 23.2 Å². The fourth-order valence-electron chi connectivity index (χ4n) is 5.83. The number of rotatable bonds is 12. The molecule has 0 aromatic heterocycles. The number of sulfonamides is 1. The van der Waals surface area contributed by atoms with Gasteiger partial charge in [-0.2, -0.15) is 0 Å². The van der Waals surface area contributed by atoms with E-state index in [-0.39, 0.29) is 35.5 Å². The monoisotopic (exact) mass is 677 g/mol. The van der Waals surface area contributed by atoms with Gasteiger partial charge in [0.15, 0.2) is 0 Å². The van der Waals surface area contributed by atoms with Gasteiger partial charge in [-0.25, -0.2) is 8.42 Å². The molecule has 46 heavy (non-hydrogen) atoms. The summed E-state index contributed by atoms with van der Waals surface area (Å²) in [6.07, 6.45) is 4.04. The largest absolute Gasteiger partial charge is 0.352 e. The van der Waals surface area contributed by atoms with E-state index in [1.54, 1.807) is 61.5 Å². The predicted molar refractivity (Wildman–Crippen MR) is 183 cm³/mol. The van der Waals surface area contributed by atoms with Gasteiger partial charge in [-0.3, -0.25) is 13.9 Å². The Hall–Kier alpha value is -3.85. The van der Waals surface area contributed by atoms with Crippen LogP contribution in [0.5, 0.6) is 0 Å². The lowest BCUT2D eigenvalue weighted by atomic mass is 10.0. The van der Waals surface area contributed by atoms with E-state index in [9.17, 15) is 18.0 Å². The van der Waals surface area contributed by atoms with Crippen molar-refractivity contribution in [3.63, 3.8) is 0 Å². The van der Waals surface area contributed by atoms with Crippen LogP contribution in [0.4, 0.5) is 5.69 Å². The van der Waals surface area contributed by atoms with Crippen LogP contribution in [0.3, 0.4) is 0 Å². The summed E-state index contributed by atoms with van der Waals surface area (Å²) in [5, 5.41) is 3.98. The second-order valence-electron chi connectivity index (χ2n) is 11.5. The average molecular weight is 679 g/mol. The fourth-order valence-corrected chi connectivity index (χ4v) is 7.69. The molecule has 1 aliphatic carbocycles. The maximum atomic E-state index is 14.7. The summed E-state index contributed by atoms with van der Waals surface area (Å²) in [6.45, 7) is 1.15. The number of halogens is 2. The molecule has 0 saturated heterocycles. The molecule has 240 valence electrons. The van der Waals surface area contributed by atoms with Crippen molar-refractivity contribution in [1.82, 2.24) is 10.2 Å². The van der Waals surface area contributed by atoms with Crippen molar-refractivity contribution in [2.24, 2.45) is 0 Å². The van der Waals surface area contributed by atoms with Crippen molar-refractivity contribution < 1.29 is 18.0 Å². The number of carbonyl (C=O) groups excluding carboxylic acids is 2. The van der Waals surface area contributed by atoms with Gasteiger partial charge >= 0.3 is 0 Å². The third-order valence-corrected chi connectivity index (χ3v) is 10.9. The fraction of sp³-hybridized carbons (Fsp3) is 0.278. The highest BCUT2D eigenvalue weighted by molar-refractivity contribution is 7.92. The number of carbonyl (C=O) groups is 2. The second-order valence-corrected chi connectivity index (χ2v) is 14.2. The minimum absolute atomic E-state index is 0.00183. The van der Waals surface area contributed by atoms with Crippen molar-refractivity contribution in [3.8, 4) is 0 Å². The molecule has 10 heteroatoms. The molecular formula is C36H37Cl2N3O4S. The summed E-state index contributed by atoms with van der Waals surface area (Å²) in [5.74, 6) is -0.839. The standard InChI is InChI=1S/C36H37Cl2N3O4S/c1-26-31(37)21-12-22-33(26)41(46(44,45)30-18-6-3-7-19-30)25-35(42)40(24-28-15-8-11-20-32(28)38)34(23-27-13-4-2-5-14-27)36(43)39-29-16-9-10-17-29/h2-8,11-15,18-22,29,34H,9-10,16-17,23-25H2,1H3,(H,39,43). The Bertz CT molecular complexity index is 1760. The third-order valence-electron chi connectivity index (χ3n) is 8.39. The van der Waals surface area contributed by atoms with Gasteiger partial charge in [-0.05, 0) is 66.8 Å². The first kappa shape index (κ1) is 33.5. The molecule has 1 fully saturated rings. The lowest BCUT2D eigenvalue weighted by Gasteiger charge is -2.35. The zero-order chi connectivity index (χ0) is 32.7. The number of hydrogen-bond acceptors (Lipinski definition) is 4. The first-order valence-corrected chi connectivity index (χ1v) is 17.5. The van der Waals surface area contributed by atoms with E-state index in [1.807, 2.05) is 36.4 Å². The number of hydrogen-bond donors (Lipinski definition) is 1. The SMILES string of the molecule is Cc1c(Cl)cccc1N(CC(=O)N(Cc1ccccc1Cl)C(Cc1ccccc1)C(=O)NC1CCCC1)S(=O)(=O)c1ccccc1. The Balaban J connectivity index is 1.59. The van der Waals surface area contributed by atoms with Gasteiger partial charge in [-0.15, -0.1) is 0 Å². The zero-order valence-electron chi connectivity index (χ0n) is 25.6. The van der Waals surface area contributed by atoms with Gasteiger partial charge in [0.1, 0.15) is 12.6 Å². The van der Waals surface area contributed by atoms with Crippen molar-refractivity contribution >= 4 is 50.7 Å². The van der Waals surface area contributed by atoms with E-state index in [1.165, 1.54) is 17.0 Å². The molecule has 0 bridgehead atoms. The van der Waals surface area contributed by atoms with Gasteiger partial charge in [0.2, 0.25) is 11.8 Å². The van der Waals surface area contributed by atoms with E-state index in [0.29, 0.717) is 21.2 Å². The van der Waals surface area contributed by atoms with Gasteiger partial charge < -0.3 is 10.2 Å². The highest BCUT2D eigenvalue weighted by Crippen LogP contribution is 2.32. The zero-order valence-corrected chi connectivity index (χ0v) is 27.9. The van der Waals surface area contributed by atoms with E-state index in [0.717, 1.165) is 35.6 Å². The lowest BCUT2D eigenvalue weighted by Crippen LogP contribution is -2.54. The minimum atomic E-state index is -4.23. The Kier molecular flexibility index (Phi) is 11.0. The van der Waals surface area contributed by atoms with Crippen LogP contribution in [0, 0.1) is 6.92 Å². The molecule has 1 unspecified atom stereocenters. The van der Waals surface area contributed by atoms with Crippen molar-refractivity contribution in [1.29, 1.82) is 0 Å². The Morgan fingerprint density at radius 2 is 1.43 bits per heavy atom. The maximum Gasteiger partial charge on any atom is 0.264 e. The lowest BCUT2D eigenvalue weighted by molar-refractivity contribution is -0.140. The molecule has 0 spiro atoms. The molecule has 0 heterocycles. The van der Waals surface area contributed by atoms with E-state index in [2.05, 4.69) is 5.32 Å². The molecular weight excluding hydrogens is 641 g/mol. The first-order valence-electron chi connectivity index (χ1n) is 15.3. The van der Waals surface area contributed by atoms with E-state index < -0.39 is 28.5 Å². The van der Waals surface area contributed by atoms with Crippen molar-refractivity contribution in [2.75, 3.05) is 10.8 Å². The van der Waals surface area contributed by atoms with Crippen LogP contribution in [0.1, 0.15) is 42.4 Å². The summed E-state index contributed by atoms with van der Waals surface area (Å²) in [7, 11) is -4.23. The van der Waals surface area contributed by atoms with E-state index in [4.69, 9.17) is 23.2 Å². The van der Waals surface area contributed by atoms with Crippen molar-refractivity contribution in [2.45, 2.75) is 62.6 Å². The number of nitrogens with one attached hydrogen (secondary N) is 1. The Morgan fingerprint density at radius 1 is 0.826 bits per heavy atom. The molecule has 2 amide bonds. The number of amides is 2. The van der Waals surface area contributed by atoms with Crippen LogP contribution in [0.2, 0.25) is 10.0 Å². The van der Waals surface area contributed by atoms with E-state index >= 15 is 0 Å². The first-order chi connectivity index (χ1) is 22.1. The highest BCUT2D eigenvalue weighted by Gasteiger charge is 2.36. The third kappa shape index (κ3) is 7.92. The van der Waals surface area contributed by atoms with Gasteiger partial charge in [0.05, 0.1) is 10.6 Å². The average Bonchev–Trinajstić information content (AvgIpc) is 3.57. The normalized spacial score (nSPS) is 14.1. The molecule has 1 atom stereocenters. The smallest absolute Gasteiger partial charge is 0.264 e. The second kappa shape index (κ2) is 15.2. The molecule has 7 nitrogen and oxygen atoms in total. The molecule has 5 rings (SSSR count).